The zero-order chi connectivity index (χ0) is 16.2. The number of nitrogens with one attached hydrogen (secondary N) is 1. The number of hydrogen-bond donors (Lipinski definition) is 1. The number of hydrogen-bond acceptors (Lipinski definition) is 4. The van der Waals surface area contributed by atoms with E-state index in [9.17, 15) is 9.18 Å². The van der Waals surface area contributed by atoms with Crippen LogP contribution >= 0.6 is 0 Å². The van der Waals surface area contributed by atoms with Gasteiger partial charge in [-0.25, -0.2) is 14.2 Å². The first-order valence-corrected chi connectivity index (χ1v) is 7.01. The number of benzene rings is 1. The van der Waals surface area contributed by atoms with Crippen LogP contribution in [0.2, 0.25) is 0 Å². The smallest absolute Gasteiger partial charge is 0.338 e. The van der Waals surface area contributed by atoms with E-state index in [0.717, 1.165) is 11.8 Å². The molecule has 116 valence electrons. The molecular formula is C17H19FN2O2. The molecule has 1 aromatic heterocycles. The molecule has 4 nitrogen and oxygen atoms in total. The summed E-state index contributed by atoms with van der Waals surface area (Å²) in [5.41, 5.74) is 0.989. The van der Waals surface area contributed by atoms with Gasteiger partial charge in [0.05, 0.1) is 11.8 Å². The zero-order valence-corrected chi connectivity index (χ0v) is 12.9. The van der Waals surface area contributed by atoms with Gasteiger partial charge >= 0.3 is 5.97 Å². The Kier molecular flexibility index (Phi) is 4.75. The number of halogens is 1. The van der Waals surface area contributed by atoms with E-state index < -0.39 is 5.60 Å². The molecule has 22 heavy (non-hydrogen) atoms. The van der Waals surface area contributed by atoms with Crippen LogP contribution in [0.15, 0.2) is 42.6 Å². The molecule has 1 N–H and O–H groups in total. The Morgan fingerprint density at radius 3 is 2.41 bits per heavy atom. The number of nitrogens with zero attached hydrogens (tertiary/aromatic N) is 1. The first-order valence-electron chi connectivity index (χ1n) is 7.01. The van der Waals surface area contributed by atoms with Gasteiger partial charge in [0.2, 0.25) is 0 Å². The third-order valence-electron chi connectivity index (χ3n) is 2.79. The predicted molar refractivity (Wildman–Crippen MR) is 83.1 cm³/mol. The summed E-state index contributed by atoms with van der Waals surface area (Å²) >= 11 is 0. The quantitative estimate of drug-likeness (QED) is 0.873. The number of carbonyl (C=O) groups is 1. The Labute approximate surface area is 129 Å². The van der Waals surface area contributed by atoms with Crippen LogP contribution in [-0.2, 0) is 11.3 Å². The predicted octanol–water partition coefficient (Wildman–Crippen LogP) is 3.79. The molecule has 0 aliphatic rings. The summed E-state index contributed by atoms with van der Waals surface area (Å²) in [4.78, 5) is 15.8. The van der Waals surface area contributed by atoms with Crippen LogP contribution in [0.5, 0.6) is 0 Å². The zero-order valence-electron chi connectivity index (χ0n) is 12.9. The molecule has 1 aromatic carbocycles. The molecule has 5 heteroatoms. The number of rotatable bonds is 4. The Balaban J connectivity index is 1.94. The van der Waals surface area contributed by atoms with Gasteiger partial charge < -0.3 is 10.1 Å². The topological polar surface area (TPSA) is 51.2 Å². The van der Waals surface area contributed by atoms with Crippen molar-refractivity contribution in [3.63, 3.8) is 0 Å². The molecule has 0 atom stereocenters. The van der Waals surface area contributed by atoms with E-state index in [4.69, 9.17) is 4.74 Å². The summed E-state index contributed by atoms with van der Waals surface area (Å²) < 4.78 is 18.1. The molecule has 1 heterocycles. The Morgan fingerprint density at radius 2 is 1.86 bits per heavy atom. The second kappa shape index (κ2) is 6.56. The highest BCUT2D eigenvalue weighted by atomic mass is 19.1. The summed E-state index contributed by atoms with van der Waals surface area (Å²) in [5, 5.41) is 3.08. The van der Waals surface area contributed by atoms with Crippen molar-refractivity contribution < 1.29 is 13.9 Å². The van der Waals surface area contributed by atoms with Crippen LogP contribution < -0.4 is 5.32 Å². The molecule has 0 unspecified atom stereocenters. The number of pyridine rings is 1. The van der Waals surface area contributed by atoms with Crippen LogP contribution in [0.1, 0.15) is 36.7 Å². The van der Waals surface area contributed by atoms with Crippen molar-refractivity contribution in [2.24, 2.45) is 0 Å². The second-order valence-electron chi connectivity index (χ2n) is 5.91. The van der Waals surface area contributed by atoms with E-state index in [1.165, 1.54) is 6.07 Å². The lowest BCUT2D eigenvalue weighted by atomic mass is 10.1. The maximum Gasteiger partial charge on any atom is 0.338 e. The van der Waals surface area contributed by atoms with Crippen molar-refractivity contribution in [2.75, 3.05) is 5.32 Å². The van der Waals surface area contributed by atoms with Crippen molar-refractivity contribution in [3.8, 4) is 0 Å². The maximum absolute atomic E-state index is 12.8. The minimum absolute atomic E-state index is 0.341. The number of anilines is 1. The molecular weight excluding hydrogens is 283 g/mol. The molecule has 0 aliphatic heterocycles. The number of aromatic nitrogens is 1. The van der Waals surface area contributed by atoms with Gasteiger partial charge in [0, 0.05) is 6.54 Å². The molecule has 2 aromatic rings. The first kappa shape index (κ1) is 15.9. The summed E-state index contributed by atoms with van der Waals surface area (Å²) in [5.74, 6) is -0.114. The molecule has 0 radical (unpaired) electrons. The average molecular weight is 302 g/mol. The molecule has 0 saturated carbocycles. The highest BCUT2D eigenvalue weighted by Crippen LogP contribution is 2.13. The molecule has 0 fully saturated rings. The van der Waals surface area contributed by atoms with E-state index in [1.54, 1.807) is 18.2 Å². The Bertz CT molecular complexity index is 631. The van der Waals surface area contributed by atoms with Gasteiger partial charge in [-0.2, -0.15) is 0 Å². The fraction of sp³-hybridized carbons (Fsp3) is 0.294. The van der Waals surface area contributed by atoms with Crippen molar-refractivity contribution in [1.82, 2.24) is 4.98 Å². The summed E-state index contributed by atoms with van der Waals surface area (Å²) in [6, 6.07) is 10.1. The fourth-order valence-electron chi connectivity index (χ4n) is 1.77. The lowest BCUT2D eigenvalue weighted by Gasteiger charge is -2.19. The Morgan fingerprint density at radius 1 is 1.18 bits per heavy atom. The number of esters is 1. The van der Waals surface area contributed by atoms with Crippen LogP contribution in [0.4, 0.5) is 10.2 Å². The molecule has 0 saturated heterocycles. The van der Waals surface area contributed by atoms with Crippen molar-refractivity contribution >= 4 is 11.8 Å². The fourth-order valence-corrected chi connectivity index (χ4v) is 1.77. The van der Waals surface area contributed by atoms with E-state index in [1.807, 2.05) is 32.9 Å². The SMILES string of the molecule is CC(C)(C)OC(=O)c1ccc(CNc2ccc(F)cn2)cc1. The normalized spacial score (nSPS) is 11.1. The average Bonchev–Trinajstić information content (AvgIpc) is 2.45. The summed E-state index contributed by atoms with van der Waals surface area (Å²) in [6.45, 7) is 6.03. The summed E-state index contributed by atoms with van der Waals surface area (Å²) in [6.07, 6.45) is 1.16. The standard InChI is InChI=1S/C17H19FN2O2/c1-17(2,3)22-16(21)13-6-4-12(5-7-13)10-19-15-9-8-14(18)11-20-15/h4-9,11H,10H2,1-3H3,(H,19,20). The molecule has 0 aliphatic carbocycles. The summed E-state index contributed by atoms with van der Waals surface area (Å²) in [7, 11) is 0. The van der Waals surface area contributed by atoms with Gasteiger partial charge in [0.15, 0.2) is 0 Å². The lowest BCUT2D eigenvalue weighted by Crippen LogP contribution is -2.23. The lowest BCUT2D eigenvalue weighted by molar-refractivity contribution is 0.00695. The first-order chi connectivity index (χ1) is 10.3. The Hall–Kier alpha value is -2.43. The van der Waals surface area contributed by atoms with E-state index >= 15 is 0 Å². The van der Waals surface area contributed by atoms with E-state index in [0.29, 0.717) is 17.9 Å². The maximum atomic E-state index is 12.8. The van der Waals surface area contributed by atoms with Crippen molar-refractivity contribution in [3.05, 3.63) is 59.5 Å². The van der Waals surface area contributed by atoms with Crippen molar-refractivity contribution in [1.29, 1.82) is 0 Å². The van der Waals surface area contributed by atoms with Gasteiger partial charge in [0.25, 0.3) is 0 Å². The van der Waals surface area contributed by atoms with Crippen LogP contribution in [0, 0.1) is 5.82 Å². The number of ether oxygens (including phenoxy) is 1. The molecule has 2 rings (SSSR count). The largest absolute Gasteiger partial charge is 0.456 e. The van der Waals surface area contributed by atoms with Gasteiger partial charge in [0.1, 0.15) is 17.2 Å². The molecule has 0 bridgehead atoms. The molecule has 0 amide bonds. The minimum Gasteiger partial charge on any atom is -0.456 e. The third-order valence-corrected chi connectivity index (χ3v) is 2.79. The van der Waals surface area contributed by atoms with Gasteiger partial charge in [-0.3, -0.25) is 0 Å². The van der Waals surface area contributed by atoms with Crippen LogP contribution in [0.25, 0.3) is 0 Å². The van der Waals surface area contributed by atoms with E-state index in [-0.39, 0.29) is 11.8 Å². The van der Waals surface area contributed by atoms with Crippen LogP contribution in [0.3, 0.4) is 0 Å². The van der Waals surface area contributed by atoms with Crippen LogP contribution in [-0.4, -0.2) is 16.6 Å². The number of carbonyl (C=O) groups excluding carboxylic acids is 1. The molecule has 0 spiro atoms. The monoisotopic (exact) mass is 302 g/mol. The van der Waals surface area contributed by atoms with Gasteiger partial charge in [-0.15, -0.1) is 0 Å². The van der Waals surface area contributed by atoms with Crippen molar-refractivity contribution in [2.45, 2.75) is 32.9 Å². The highest BCUT2D eigenvalue weighted by molar-refractivity contribution is 5.89. The second-order valence-corrected chi connectivity index (χ2v) is 5.91. The van der Waals surface area contributed by atoms with E-state index in [2.05, 4.69) is 10.3 Å². The van der Waals surface area contributed by atoms with Gasteiger partial charge in [-0.1, -0.05) is 12.1 Å². The van der Waals surface area contributed by atoms with Gasteiger partial charge in [-0.05, 0) is 50.6 Å². The third kappa shape index (κ3) is 4.84. The highest BCUT2D eigenvalue weighted by Gasteiger charge is 2.17. The minimum atomic E-state index is -0.508.